The molecule has 0 radical (unpaired) electrons. The Kier molecular flexibility index (Phi) is 4.10. The lowest BCUT2D eigenvalue weighted by Crippen LogP contribution is -2.18. The van der Waals surface area contributed by atoms with Crippen LogP contribution in [0.4, 0.5) is 20.2 Å². The first-order chi connectivity index (χ1) is 7.40. The van der Waals surface area contributed by atoms with Crippen LogP contribution in [0.1, 0.15) is 27.2 Å². The first-order valence-corrected chi connectivity index (χ1v) is 5.41. The van der Waals surface area contributed by atoms with Crippen molar-refractivity contribution in [1.29, 1.82) is 0 Å². The zero-order valence-electron chi connectivity index (χ0n) is 9.85. The third-order valence-electron chi connectivity index (χ3n) is 2.32. The van der Waals surface area contributed by atoms with Crippen LogP contribution >= 0.6 is 0 Å². The quantitative estimate of drug-likeness (QED) is 0.775. The average Bonchev–Trinajstić information content (AvgIpc) is 2.11. The highest BCUT2D eigenvalue weighted by atomic mass is 19.1. The summed E-state index contributed by atoms with van der Waals surface area (Å²) < 4.78 is 26.1. The van der Waals surface area contributed by atoms with Gasteiger partial charge in [0.15, 0.2) is 5.82 Å². The summed E-state index contributed by atoms with van der Waals surface area (Å²) in [6.45, 7) is 6.14. The fourth-order valence-electron chi connectivity index (χ4n) is 1.74. The van der Waals surface area contributed by atoms with E-state index in [-0.39, 0.29) is 11.7 Å². The largest absolute Gasteiger partial charge is 0.395 e. The van der Waals surface area contributed by atoms with Crippen LogP contribution < -0.4 is 11.1 Å². The Morgan fingerprint density at radius 3 is 2.44 bits per heavy atom. The lowest BCUT2D eigenvalue weighted by molar-refractivity contribution is 0.538. The number of rotatable bonds is 4. The second kappa shape index (κ2) is 5.14. The van der Waals surface area contributed by atoms with Gasteiger partial charge >= 0.3 is 0 Å². The Morgan fingerprint density at radius 2 is 1.88 bits per heavy atom. The highest BCUT2D eigenvalue weighted by Crippen LogP contribution is 2.24. The fraction of sp³-hybridized carbons (Fsp3) is 0.500. The van der Waals surface area contributed by atoms with Crippen molar-refractivity contribution >= 4 is 11.4 Å². The van der Waals surface area contributed by atoms with Gasteiger partial charge in [-0.3, -0.25) is 0 Å². The van der Waals surface area contributed by atoms with Gasteiger partial charge in [-0.15, -0.1) is 0 Å². The molecule has 4 heteroatoms. The molecule has 0 aromatic heterocycles. The van der Waals surface area contributed by atoms with Crippen molar-refractivity contribution in [3.63, 3.8) is 0 Å². The van der Waals surface area contributed by atoms with Gasteiger partial charge in [0.1, 0.15) is 5.82 Å². The van der Waals surface area contributed by atoms with Crippen molar-refractivity contribution in [3.8, 4) is 0 Å². The molecule has 0 saturated carbocycles. The van der Waals surface area contributed by atoms with Crippen molar-refractivity contribution in [2.24, 2.45) is 5.92 Å². The Hall–Kier alpha value is -1.32. The molecule has 0 bridgehead atoms. The van der Waals surface area contributed by atoms with Crippen molar-refractivity contribution in [2.45, 2.75) is 33.2 Å². The first-order valence-electron chi connectivity index (χ1n) is 5.41. The Morgan fingerprint density at radius 1 is 1.25 bits per heavy atom. The van der Waals surface area contributed by atoms with Crippen molar-refractivity contribution in [3.05, 3.63) is 23.8 Å². The summed E-state index contributed by atoms with van der Waals surface area (Å²) >= 11 is 0. The second-order valence-corrected chi connectivity index (χ2v) is 4.52. The summed E-state index contributed by atoms with van der Waals surface area (Å²) in [6, 6.07) is 2.13. The van der Waals surface area contributed by atoms with Crippen molar-refractivity contribution < 1.29 is 8.78 Å². The smallest absolute Gasteiger partial charge is 0.151 e. The molecule has 0 aliphatic heterocycles. The highest BCUT2D eigenvalue weighted by Gasteiger charge is 2.11. The molecule has 90 valence electrons. The van der Waals surface area contributed by atoms with E-state index in [1.807, 2.05) is 6.92 Å². The maximum Gasteiger partial charge on any atom is 0.151 e. The van der Waals surface area contributed by atoms with E-state index in [0.29, 0.717) is 11.6 Å². The van der Waals surface area contributed by atoms with Gasteiger partial charge in [0.05, 0.1) is 11.4 Å². The van der Waals surface area contributed by atoms with Gasteiger partial charge in [0.25, 0.3) is 0 Å². The van der Waals surface area contributed by atoms with Gasteiger partial charge in [0.2, 0.25) is 0 Å². The number of hydrogen-bond donors (Lipinski definition) is 2. The molecule has 0 saturated heterocycles. The second-order valence-electron chi connectivity index (χ2n) is 4.52. The third kappa shape index (κ3) is 3.36. The zero-order valence-corrected chi connectivity index (χ0v) is 9.85. The topological polar surface area (TPSA) is 38.0 Å². The summed E-state index contributed by atoms with van der Waals surface area (Å²) in [5, 5.41) is 3.02. The van der Waals surface area contributed by atoms with Gasteiger partial charge in [-0.2, -0.15) is 0 Å². The maximum atomic E-state index is 13.1. The summed E-state index contributed by atoms with van der Waals surface area (Å²) in [7, 11) is 0. The molecule has 0 aliphatic carbocycles. The van der Waals surface area contributed by atoms with Gasteiger partial charge in [-0.1, -0.05) is 13.8 Å². The van der Waals surface area contributed by atoms with Crippen LogP contribution in [-0.4, -0.2) is 6.04 Å². The molecule has 0 spiro atoms. The minimum atomic E-state index is -0.723. The molecular formula is C12H18F2N2. The van der Waals surface area contributed by atoms with Crippen LogP contribution in [0.15, 0.2) is 12.1 Å². The van der Waals surface area contributed by atoms with E-state index < -0.39 is 11.6 Å². The van der Waals surface area contributed by atoms with Gasteiger partial charge in [-0.25, -0.2) is 8.78 Å². The number of benzene rings is 1. The van der Waals surface area contributed by atoms with Crippen molar-refractivity contribution in [1.82, 2.24) is 0 Å². The van der Waals surface area contributed by atoms with Crippen LogP contribution in [0.2, 0.25) is 0 Å². The molecule has 3 N–H and O–H groups in total. The standard InChI is InChI=1S/C12H18F2N2/c1-7(2)4-8(3)16-11-6-9(13)5-10(14)12(11)15/h5-8,16H,4,15H2,1-3H3. The molecule has 2 nitrogen and oxygen atoms in total. The number of nitrogen functional groups attached to an aromatic ring is 1. The fourth-order valence-corrected chi connectivity index (χ4v) is 1.74. The van der Waals surface area contributed by atoms with E-state index in [9.17, 15) is 8.78 Å². The van der Waals surface area contributed by atoms with Crippen LogP contribution in [-0.2, 0) is 0 Å². The van der Waals surface area contributed by atoms with Crippen LogP contribution in [0, 0.1) is 17.6 Å². The predicted octanol–water partition coefficient (Wildman–Crippen LogP) is 3.39. The highest BCUT2D eigenvalue weighted by molar-refractivity contribution is 5.67. The van der Waals surface area contributed by atoms with Gasteiger partial charge < -0.3 is 11.1 Å². The molecule has 16 heavy (non-hydrogen) atoms. The molecule has 0 heterocycles. The summed E-state index contributed by atoms with van der Waals surface area (Å²) in [5.41, 5.74) is 5.82. The molecule has 1 aromatic carbocycles. The van der Waals surface area contributed by atoms with Crippen molar-refractivity contribution in [2.75, 3.05) is 11.1 Å². The number of halogens is 2. The SMILES string of the molecule is CC(C)CC(C)Nc1cc(F)cc(F)c1N. The Labute approximate surface area is 94.8 Å². The van der Waals surface area contributed by atoms with Crippen LogP contribution in [0.3, 0.4) is 0 Å². The molecule has 1 rings (SSSR count). The minimum absolute atomic E-state index is 0.0305. The summed E-state index contributed by atoms with van der Waals surface area (Å²) in [5.74, 6) is -0.827. The number of hydrogen-bond acceptors (Lipinski definition) is 2. The molecule has 1 aromatic rings. The maximum absolute atomic E-state index is 13.1. The van der Waals surface area contributed by atoms with E-state index in [4.69, 9.17) is 5.73 Å². The summed E-state index contributed by atoms with van der Waals surface area (Å²) in [4.78, 5) is 0. The molecule has 1 atom stereocenters. The number of anilines is 2. The van der Waals surface area contributed by atoms with E-state index >= 15 is 0 Å². The molecule has 0 fully saturated rings. The molecule has 0 amide bonds. The minimum Gasteiger partial charge on any atom is -0.395 e. The lowest BCUT2D eigenvalue weighted by atomic mass is 10.0. The van der Waals surface area contributed by atoms with E-state index in [1.165, 1.54) is 6.07 Å². The van der Waals surface area contributed by atoms with Gasteiger partial charge in [-0.05, 0) is 25.3 Å². The zero-order chi connectivity index (χ0) is 12.3. The van der Waals surface area contributed by atoms with Crippen LogP contribution in [0.5, 0.6) is 0 Å². The van der Waals surface area contributed by atoms with Gasteiger partial charge in [0, 0.05) is 12.1 Å². The lowest BCUT2D eigenvalue weighted by Gasteiger charge is -2.18. The molecule has 0 aliphatic rings. The number of nitrogens with two attached hydrogens (primary N) is 1. The monoisotopic (exact) mass is 228 g/mol. The van der Waals surface area contributed by atoms with E-state index in [1.54, 1.807) is 0 Å². The molecule has 1 unspecified atom stereocenters. The first kappa shape index (κ1) is 12.7. The van der Waals surface area contributed by atoms with E-state index in [0.717, 1.165) is 12.5 Å². The Bertz CT molecular complexity index is 364. The average molecular weight is 228 g/mol. The predicted molar refractivity (Wildman–Crippen MR) is 63.3 cm³/mol. The normalized spacial score (nSPS) is 12.9. The molecular weight excluding hydrogens is 210 g/mol. The Balaban J connectivity index is 2.80. The van der Waals surface area contributed by atoms with E-state index in [2.05, 4.69) is 19.2 Å². The third-order valence-corrected chi connectivity index (χ3v) is 2.32. The van der Waals surface area contributed by atoms with Crippen LogP contribution in [0.25, 0.3) is 0 Å². The number of nitrogens with one attached hydrogen (secondary N) is 1. The summed E-state index contributed by atoms with van der Waals surface area (Å²) in [6.07, 6.45) is 0.914.